The maximum absolute atomic E-state index is 4.90. The van der Waals surface area contributed by atoms with E-state index in [1.54, 1.807) is 18.4 Å². The lowest BCUT2D eigenvalue weighted by Crippen LogP contribution is -1.86. The van der Waals surface area contributed by atoms with Gasteiger partial charge in [-0.3, -0.25) is 0 Å². The highest BCUT2D eigenvalue weighted by atomic mass is 79.9. The maximum Gasteiger partial charge on any atom is 0.321 e. The van der Waals surface area contributed by atoms with Crippen molar-refractivity contribution in [3.8, 4) is 10.7 Å². The van der Waals surface area contributed by atoms with Crippen molar-refractivity contribution in [3.05, 3.63) is 15.9 Å². The normalized spacial score (nSPS) is 10.3. The molecular formula is C7H6BrN3OS. The molecule has 0 aliphatic rings. The first-order valence-corrected chi connectivity index (χ1v) is 5.17. The number of anilines is 1. The van der Waals surface area contributed by atoms with Gasteiger partial charge in [-0.25, -0.2) is 0 Å². The van der Waals surface area contributed by atoms with E-state index in [1.807, 2.05) is 12.1 Å². The number of nitrogens with one attached hydrogen (secondary N) is 1. The van der Waals surface area contributed by atoms with Crippen LogP contribution in [0.4, 0.5) is 6.01 Å². The van der Waals surface area contributed by atoms with Crippen LogP contribution < -0.4 is 5.32 Å². The summed E-state index contributed by atoms with van der Waals surface area (Å²) in [5.41, 5.74) is 0. The molecule has 0 saturated carbocycles. The molecule has 13 heavy (non-hydrogen) atoms. The Morgan fingerprint density at radius 3 is 2.92 bits per heavy atom. The van der Waals surface area contributed by atoms with Gasteiger partial charge in [0.1, 0.15) is 0 Å². The number of aromatic nitrogens is 2. The highest BCUT2D eigenvalue weighted by Crippen LogP contribution is 2.29. The van der Waals surface area contributed by atoms with E-state index < -0.39 is 0 Å². The van der Waals surface area contributed by atoms with E-state index in [1.165, 1.54) is 0 Å². The first-order chi connectivity index (χ1) is 6.29. The van der Waals surface area contributed by atoms with Crippen LogP contribution in [-0.4, -0.2) is 17.2 Å². The fraction of sp³-hybridized carbons (Fsp3) is 0.143. The van der Waals surface area contributed by atoms with E-state index in [9.17, 15) is 0 Å². The smallest absolute Gasteiger partial charge is 0.321 e. The Bertz CT molecular complexity index is 411. The molecule has 68 valence electrons. The van der Waals surface area contributed by atoms with Gasteiger partial charge in [-0.05, 0) is 28.1 Å². The molecule has 0 aromatic carbocycles. The summed E-state index contributed by atoms with van der Waals surface area (Å²) in [6.45, 7) is 0. The summed E-state index contributed by atoms with van der Waals surface area (Å²) in [6.07, 6.45) is 0. The summed E-state index contributed by atoms with van der Waals surface area (Å²) in [7, 11) is 1.74. The Labute approximate surface area is 87.1 Å². The van der Waals surface area contributed by atoms with Crippen molar-refractivity contribution in [2.75, 3.05) is 12.4 Å². The fourth-order valence-corrected chi connectivity index (χ4v) is 2.17. The topological polar surface area (TPSA) is 51.0 Å². The van der Waals surface area contributed by atoms with Crippen molar-refractivity contribution < 1.29 is 4.52 Å². The Kier molecular flexibility index (Phi) is 2.32. The largest absolute Gasteiger partial charge is 0.341 e. The lowest BCUT2D eigenvalue weighted by atomic mass is 10.4. The number of thiophene rings is 1. The molecule has 2 aromatic rings. The first-order valence-electron chi connectivity index (χ1n) is 3.57. The number of rotatable bonds is 2. The fourth-order valence-electron chi connectivity index (χ4n) is 0.860. The maximum atomic E-state index is 4.90. The van der Waals surface area contributed by atoms with Crippen LogP contribution in [0.5, 0.6) is 0 Å². The van der Waals surface area contributed by atoms with Gasteiger partial charge in [0.2, 0.25) is 5.82 Å². The van der Waals surface area contributed by atoms with E-state index in [-0.39, 0.29) is 0 Å². The summed E-state index contributed by atoms with van der Waals surface area (Å²) in [5, 5.41) is 6.59. The Hall–Kier alpha value is -0.880. The van der Waals surface area contributed by atoms with Crippen molar-refractivity contribution in [2.24, 2.45) is 0 Å². The van der Waals surface area contributed by atoms with Gasteiger partial charge in [-0.15, -0.1) is 11.3 Å². The molecule has 0 saturated heterocycles. The zero-order valence-electron chi connectivity index (χ0n) is 6.74. The van der Waals surface area contributed by atoms with Gasteiger partial charge in [-0.2, -0.15) is 4.98 Å². The van der Waals surface area contributed by atoms with Crippen LogP contribution in [0.1, 0.15) is 0 Å². The molecule has 2 aromatic heterocycles. The quantitative estimate of drug-likeness (QED) is 0.901. The molecule has 0 radical (unpaired) electrons. The summed E-state index contributed by atoms with van der Waals surface area (Å²) in [6, 6.07) is 4.33. The van der Waals surface area contributed by atoms with Crippen LogP contribution in [-0.2, 0) is 0 Å². The third-order valence-corrected chi connectivity index (χ3v) is 3.05. The molecule has 0 atom stereocenters. The molecule has 0 amide bonds. The Morgan fingerprint density at radius 2 is 2.38 bits per heavy atom. The van der Waals surface area contributed by atoms with E-state index in [2.05, 4.69) is 31.4 Å². The monoisotopic (exact) mass is 259 g/mol. The second kappa shape index (κ2) is 3.47. The van der Waals surface area contributed by atoms with E-state index in [0.29, 0.717) is 11.8 Å². The summed E-state index contributed by atoms with van der Waals surface area (Å²) < 4.78 is 5.95. The number of nitrogens with zero attached hydrogens (tertiary/aromatic N) is 2. The summed E-state index contributed by atoms with van der Waals surface area (Å²) in [5.74, 6) is 0.611. The molecule has 1 N–H and O–H groups in total. The predicted molar refractivity (Wildman–Crippen MR) is 54.9 cm³/mol. The highest BCUT2D eigenvalue weighted by molar-refractivity contribution is 9.11. The van der Waals surface area contributed by atoms with Crippen LogP contribution >= 0.6 is 27.3 Å². The molecule has 2 heterocycles. The van der Waals surface area contributed by atoms with Crippen LogP contribution in [0, 0.1) is 0 Å². The Balaban J connectivity index is 2.35. The Morgan fingerprint density at radius 1 is 1.54 bits per heavy atom. The van der Waals surface area contributed by atoms with E-state index >= 15 is 0 Å². The van der Waals surface area contributed by atoms with Crippen molar-refractivity contribution in [1.29, 1.82) is 0 Å². The first kappa shape index (κ1) is 8.71. The van der Waals surface area contributed by atoms with Crippen LogP contribution in [0.25, 0.3) is 10.7 Å². The minimum atomic E-state index is 0.430. The van der Waals surface area contributed by atoms with Gasteiger partial charge in [0.05, 0.1) is 8.66 Å². The summed E-state index contributed by atoms with van der Waals surface area (Å²) >= 11 is 4.94. The molecule has 0 bridgehead atoms. The zero-order valence-corrected chi connectivity index (χ0v) is 9.15. The highest BCUT2D eigenvalue weighted by Gasteiger charge is 2.08. The van der Waals surface area contributed by atoms with Crippen LogP contribution in [0.3, 0.4) is 0 Å². The van der Waals surface area contributed by atoms with Gasteiger partial charge in [0.15, 0.2) is 0 Å². The van der Waals surface area contributed by atoms with Crippen molar-refractivity contribution >= 4 is 33.3 Å². The SMILES string of the molecule is CNc1nc(-c2ccc(Br)s2)no1. The van der Waals surface area contributed by atoms with Crippen molar-refractivity contribution in [3.63, 3.8) is 0 Å². The minimum Gasteiger partial charge on any atom is -0.341 e. The average Bonchev–Trinajstić information content (AvgIpc) is 2.71. The number of hydrogen-bond donors (Lipinski definition) is 1. The molecule has 0 fully saturated rings. The molecule has 0 spiro atoms. The summed E-state index contributed by atoms with van der Waals surface area (Å²) in [4.78, 5) is 5.10. The second-order valence-electron chi connectivity index (χ2n) is 2.28. The molecule has 0 unspecified atom stereocenters. The number of halogens is 1. The minimum absolute atomic E-state index is 0.430. The van der Waals surface area contributed by atoms with Crippen LogP contribution in [0.15, 0.2) is 20.4 Å². The van der Waals surface area contributed by atoms with E-state index in [4.69, 9.17) is 4.52 Å². The third-order valence-electron chi connectivity index (χ3n) is 1.43. The van der Waals surface area contributed by atoms with Gasteiger partial charge < -0.3 is 9.84 Å². The lowest BCUT2D eigenvalue weighted by molar-refractivity contribution is 0.434. The molecule has 0 aliphatic carbocycles. The van der Waals surface area contributed by atoms with E-state index in [0.717, 1.165) is 8.66 Å². The van der Waals surface area contributed by atoms with Crippen molar-refractivity contribution in [1.82, 2.24) is 10.1 Å². The zero-order chi connectivity index (χ0) is 9.26. The lowest BCUT2D eigenvalue weighted by Gasteiger charge is -1.83. The molecule has 6 heteroatoms. The molecular weight excluding hydrogens is 254 g/mol. The number of hydrogen-bond acceptors (Lipinski definition) is 5. The predicted octanol–water partition coefficient (Wildman–Crippen LogP) is 2.60. The second-order valence-corrected chi connectivity index (χ2v) is 4.74. The molecule has 0 aliphatic heterocycles. The standard InChI is InChI=1S/C7H6BrN3OS/c1-9-7-10-6(11-12-7)4-2-3-5(8)13-4/h2-3H,1H3,(H,9,10,11). The molecule has 4 nitrogen and oxygen atoms in total. The van der Waals surface area contributed by atoms with Crippen LogP contribution in [0.2, 0.25) is 0 Å². The van der Waals surface area contributed by atoms with Gasteiger partial charge >= 0.3 is 6.01 Å². The average molecular weight is 260 g/mol. The third kappa shape index (κ3) is 1.73. The van der Waals surface area contributed by atoms with Gasteiger partial charge in [0.25, 0.3) is 0 Å². The van der Waals surface area contributed by atoms with Gasteiger partial charge in [0, 0.05) is 7.05 Å². The van der Waals surface area contributed by atoms with Gasteiger partial charge in [-0.1, -0.05) is 5.16 Å². The molecule has 2 rings (SSSR count). The van der Waals surface area contributed by atoms with Crippen molar-refractivity contribution in [2.45, 2.75) is 0 Å².